The maximum Gasteiger partial charge on any atom is 0.0590 e. The highest BCUT2D eigenvalue weighted by Gasteiger charge is 2.19. The zero-order chi connectivity index (χ0) is 10.2. The Morgan fingerprint density at radius 2 is 2.50 bits per heavy atom. The van der Waals surface area contributed by atoms with Gasteiger partial charge in [0.15, 0.2) is 0 Å². The van der Waals surface area contributed by atoms with Crippen LogP contribution in [0.15, 0.2) is 12.7 Å². The second-order valence-corrected chi connectivity index (χ2v) is 4.05. The third kappa shape index (κ3) is 4.25. The van der Waals surface area contributed by atoms with E-state index in [4.69, 9.17) is 4.74 Å². The van der Waals surface area contributed by atoms with Crippen LogP contribution in [-0.2, 0) is 4.74 Å². The van der Waals surface area contributed by atoms with Crippen molar-refractivity contribution in [3.63, 3.8) is 0 Å². The quantitative estimate of drug-likeness (QED) is 0.633. The van der Waals surface area contributed by atoms with Crippen LogP contribution in [0.3, 0.4) is 0 Å². The Morgan fingerprint density at radius 3 is 3.07 bits per heavy atom. The highest BCUT2D eigenvalue weighted by molar-refractivity contribution is 4.81. The molecule has 1 heterocycles. The summed E-state index contributed by atoms with van der Waals surface area (Å²) in [7, 11) is 0. The maximum atomic E-state index is 5.64. The fourth-order valence-corrected chi connectivity index (χ4v) is 1.96. The minimum Gasteiger partial charge on any atom is -0.378 e. The van der Waals surface area contributed by atoms with Crippen molar-refractivity contribution in [3.05, 3.63) is 12.7 Å². The van der Waals surface area contributed by atoms with Gasteiger partial charge < -0.3 is 10.1 Å². The summed E-state index contributed by atoms with van der Waals surface area (Å²) < 4.78 is 5.64. The summed E-state index contributed by atoms with van der Waals surface area (Å²) in [5, 5.41) is 3.55. The van der Waals surface area contributed by atoms with Crippen LogP contribution in [0.4, 0.5) is 0 Å². The standard InChI is InChI=1S/C12H23NO/c1-3-6-11(13-8-4-2)10-12-7-5-9-14-12/h3,11-13H,1,4-10H2,2H3. The Kier molecular flexibility index (Phi) is 5.88. The molecule has 2 nitrogen and oxygen atoms in total. The largest absolute Gasteiger partial charge is 0.378 e. The summed E-state index contributed by atoms with van der Waals surface area (Å²) in [6.45, 7) is 8.06. The molecule has 2 atom stereocenters. The van der Waals surface area contributed by atoms with Crippen molar-refractivity contribution >= 4 is 0 Å². The van der Waals surface area contributed by atoms with Gasteiger partial charge in [0.05, 0.1) is 6.10 Å². The minimum absolute atomic E-state index is 0.490. The van der Waals surface area contributed by atoms with Crippen molar-refractivity contribution in [1.82, 2.24) is 5.32 Å². The van der Waals surface area contributed by atoms with Gasteiger partial charge in [0.1, 0.15) is 0 Å². The molecule has 1 rings (SSSR count). The third-order valence-electron chi connectivity index (χ3n) is 2.71. The van der Waals surface area contributed by atoms with Gasteiger partial charge in [-0.1, -0.05) is 13.0 Å². The van der Waals surface area contributed by atoms with Gasteiger partial charge in [-0.2, -0.15) is 0 Å². The summed E-state index contributed by atoms with van der Waals surface area (Å²) in [5.74, 6) is 0. The van der Waals surface area contributed by atoms with E-state index in [-0.39, 0.29) is 0 Å². The summed E-state index contributed by atoms with van der Waals surface area (Å²) in [5.41, 5.74) is 0. The summed E-state index contributed by atoms with van der Waals surface area (Å²) >= 11 is 0. The molecular formula is C12H23NO. The molecule has 82 valence electrons. The average Bonchev–Trinajstić information content (AvgIpc) is 2.67. The van der Waals surface area contributed by atoms with Gasteiger partial charge in [-0.15, -0.1) is 6.58 Å². The van der Waals surface area contributed by atoms with Gasteiger partial charge >= 0.3 is 0 Å². The van der Waals surface area contributed by atoms with E-state index < -0.39 is 0 Å². The highest BCUT2D eigenvalue weighted by Crippen LogP contribution is 2.18. The number of rotatable bonds is 7. The molecule has 2 heteroatoms. The van der Waals surface area contributed by atoms with Crippen molar-refractivity contribution < 1.29 is 4.74 Å². The smallest absolute Gasteiger partial charge is 0.0590 e. The SMILES string of the molecule is C=CCC(CC1CCCO1)NCCC. The molecule has 1 N–H and O–H groups in total. The fourth-order valence-electron chi connectivity index (χ4n) is 1.96. The van der Waals surface area contributed by atoms with Gasteiger partial charge in [0.25, 0.3) is 0 Å². The molecule has 1 aliphatic rings. The lowest BCUT2D eigenvalue weighted by atomic mass is 10.0. The van der Waals surface area contributed by atoms with Crippen molar-refractivity contribution in [2.45, 2.75) is 51.2 Å². The second-order valence-electron chi connectivity index (χ2n) is 4.05. The van der Waals surface area contributed by atoms with Crippen molar-refractivity contribution in [1.29, 1.82) is 0 Å². The molecule has 2 unspecified atom stereocenters. The molecule has 0 aliphatic carbocycles. The van der Waals surface area contributed by atoms with E-state index in [2.05, 4.69) is 18.8 Å². The van der Waals surface area contributed by atoms with Crippen LogP contribution in [0.2, 0.25) is 0 Å². The Morgan fingerprint density at radius 1 is 1.64 bits per heavy atom. The monoisotopic (exact) mass is 197 g/mol. The van der Waals surface area contributed by atoms with E-state index in [9.17, 15) is 0 Å². The minimum atomic E-state index is 0.490. The van der Waals surface area contributed by atoms with E-state index >= 15 is 0 Å². The van der Waals surface area contributed by atoms with Crippen LogP contribution >= 0.6 is 0 Å². The normalized spacial score (nSPS) is 23.6. The molecule has 1 aliphatic heterocycles. The summed E-state index contributed by atoms with van der Waals surface area (Å²) in [4.78, 5) is 0. The van der Waals surface area contributed by atoms with E-state index in [0.29, 0.717) is 12.1 Å². The molecule has 1 fully saturated rings. The lowest BCUT2D eigenvalue weighted by molar-refractivity contribution is 0.0948. The van der Waals surface area contributed by atoms with E-state index in [1.807, 2.05) is 6.08 Å². The molecular weight excluding hydrogens is 174 g/mol. The van der Waals surface area contributed by atoms with Gasteiger partial charge in [0, 0.05) is 12.6 Å². The number of nitrogens with one attached hydrogen (secondary N) is 1. The number of ether oxygens (including phenoxy) is 1. The second kappa shape index (κ2) is 7.02. The molecule has 0 amide bonds. The first kappa shape index (κ1) is 11.7. The molecule has 0 aromatic heterocycles. The first-order chi connectivity index (χ1) is 6.86. The van der Waals surface area contributed by atoms with Gasteiger partial charge in [0.2, 0.25) is 0 Å². The molecule has 14 heavy (non-hydrogen) atoms. The van der Waals surface area contributed by atoms with E-state index in [1.165, 1.54) is 19.3 Å². The maximum absolute atomic E-state index is 5.64. The molecule has 0 spiro atoms. The zero-order valence-corrected chi connectivity index (χ0v) is 9.30. The van der Waals surface area contributed by atoms with Crippen LogP contribution < -0.4 is 5.32 Å². The Labute approximate surface area is 87.7 Å². The van der Waals surface area contributed by atoms with E-state index in [0.717, 1.165) is 26.0 Å². The fraction of sp³-hybridized carbons (Fsp3) is 0.833. The van der Waals surface area contributed by atoms with Crippen molar-refractivity contribution in [3.8, 4) is 0 Å². The van der Waals surface area contributed by atoms with E-state index in [1.54, 1.807) is 0 Å². The van der Waals surface area contributed by atoms with Crippen LogP contribution in [0, 0.1) is 0 Å². The van der Waals surface area contributed by atoms with Gasteiger partial charge in [-0.05, 0) is 38.6 Å². The Balaban J connectivity index is 2.21. The first-order valence-electron chi connectivity index (χ1n) is 5.82. The molecule has 1 saturated heterocycles. The van der Waals surface area contributed by atoms with Crippen LogP contribution in [-0.4, -0.2) is 25.3 Å². The van der Waals surface area contributed by atoms with Crippen molar-refractivity contribution in [2.24, 2.45) is 0 Å². The van der Waals surface area contributed by atoms with Crippen LogP contribution in [0.1, 0.15) is 39.0 Å². The predicted octanol–water partition coefficient (Wildman–Crippen LogP) is 2.50. The first-order valence-corrected chi connectivity index (χ1v) is 5.82. The average molecular weight is 197 g/mol. The topological polar surface area (TPSA) is 21.3 Å². The number of hydrogen-bond acceptors (Lipinski definition) is 2. The lowest BCUT2D eigenvalue weighted by Gasteiger charge is -2.20. The predicted molar refractivity (Wildman–Crippen MR) is 60.5 cm³/mol. The summed E-state index contributed by atoms with van der Waals surface area (Å²) in [6, 6.07) is 0.565. The molecule has 0 aromatic rings. The van der Waals surface area contributed by atoms with Crippen LogP contribution in [0.25, 0.3) is 0 Å². The zero-order valence-electron chi connectivity index (χ0n) is 9.30. The highest BCUT2D eigenvalue weighted by atomic mass is 16.5. The Bertz CT molecular complexity index is 152. The molecule has 0 bridgehead atoms. The molecule has 0 saturated carbocycles. The van der Waals surface area contributed by atoms with Gasteiger partial charge in [-0.25, -0.2) is 0 Å². The molecule has 0 aromatic carbocycles. The van der Waals surface area contributed by atoms with Crippen LogP contribution in [0.5, 0.6) is 0 Å². The molecule has 0 radical (unpaired) electrons. The number of hydrogen-bond donors (Lipinski definition) is 1. The third-order valence-corrected chi connectivity index (χ3v) is 2.71. The van der Waals surface area contributed by atoms with Crippen molar-refractivity contribution in [2.75, 3.05) is 13.2 Å². The Hall–Kier alpha value is -0.340. The van der Waals surface area contributed by atoms with Gasteiger partial charge in [-0.3, -0.25) is 0 Å². The lowest BCUT2D eigenvalue weighted by Crippen LogP contribution is -2.32. The summed E-state index contributed by atoms with van der Waals surface area (Å²) in [6.07, 6.45) is 8.36.